The largest absolute Gasteiger partial charge is 0.354 e. The Bertz CT molecular complexity index is 361. The predicted octanol–water partition coefficient (Wildman–Crippen LogP) is 3.21. The molecule has 0 radical (unpaired) electrons. The first-order chi connectivity index (χ1) is 7.74. The third-order valence-electron chi connectivity index (χ3n) is 3.37. The molecule has 1 aliphatic rings. The van der Waals surface area contributed by atoms with E-state index in [0.29, 0.717) is 11.2 Å². The van der Waals surface area contributed by atoms with E-state index in [2.05, 4.69) is 21.8 Å². The van der Waals surface area contributed by atoms with Crippen LogP contribution in [-0.2, 0) is 0 Å². The predicted molar refractivity (Wildman–Crippen MR) is 67.1 cm³/mol. The zero-order valence-corrected chi connectivity index (χ0v) is 10.7. The van der Waals surface area contributed by atoms with Crippen molar-refractivity contribution in [3.63, 3.8) is 0 Å². The van der Waals surface area contributed by atoms with E-state index < -0.39 is 0 Å². The first-order valence-electron chi connectivity index (χ1n) is 5.97. The van der Waals surface area contributed by atoms with Crippen molar-refractivity contribution >= 4 is 17.4 Å². The summed E-state index contributed by atoms with van der Waals surface area (Å²) < 4.78 is 0. The number of aromatic nitrogens is 2. The van der Waals surface area contributed by atoms with Crippen molar-refractivity contribution in [1.29, 1.82) is 0 Å². The van der Waals surface area contributed by atoms with Gasteiger partial charge in [-0.25, -0.2) is 9.97 Å². The maximum Gasteiger partial charge on any atom is 0.137 e. The van der Waals surface area contributed by atoms with Gasteiger partial charge in [0, 0.05) is 18.2 Å². The third kappa shape index (κ3) is 2.14. The topological polar surface area (TPSA) is 29.0 Å². The summed E-state index contributed by atoms with van der Waals surface area (Å²) in [5, 5.41) is 0.571. The van der Waals surface area contributed by atoms with Gasteiger partial charge in [-0.15, -0.1) is 0 Å². The number of halogens is 1. The van der Waals surface area contributed by atoms with E-state index in [9.17, 15) is 0 Å². The van der Waals surface area contributed by atoms with Gasteiger partial charge < -0.3 is 4.90 Å². The highest BCUT2D eigenvalue weighted by Gasteiger charge is 2.24. The van der Waals surface area contributed by atoms with E-state index >= 15 is 0 Å². The van der Waals surface area contributed by atoms with Crippen LogP contribution in [-0.4, -0.2) is 22.6 Å². The minimum absolute atomic E-state index is 0.571. The van der Waals surface area contributed by atoms with Gasteiger partial charge >= 0.3 is 0 Å². The third-order valence-corrected chi connectivity index (χ3v) is 3.76. The van der Waals surface area contributed by atoms with Crippen LogP contribution in [0.5, 0.6) is 0 Å². The minimum Gasteiger partial charge on any atom is -0.354 e. The molecule has 1 saturated carbocycles. The molecular weight excluding hydrogens is 222 g/mol. The lowest BCUT2D eigenvalue weighted by Crippen LogP contribution is -2.34. The second-order valence-electron chi connectivity index (χ2n) is 4.34. The second-order valence-corrected chi connectivity index (χ2v) is 4.70. The Morgan fingerprint density at radius 2 is 2.06 bits per heavy atom. The van der Waals surface area contributed by atoms with Gasteiger partial charge in [-0.1, -0.05) is 24.4 Å². The molecular formula is C12H18ClN3. The van der Waals surface area contributed by atoms with Crippen LogP contribution in [0.3, 0.4) is 0 Å². The second kappa shape index (κ2) is 5.00. The van der Waals surface area contributed by atoms with Gasteiger partial charge in [0.2, 0.25) is 0 Å². The van der Waals surface area contributed by atoms with Gasteiger partial charge in [-0.3, -0.25) is 0 Å². The Hall–Kier alpha value is -0.830. The summed E-state index contributed by atoms with van der Waals surface area (Å²) in [6.45, 7) is 5.15. The molecule has 1 aromatic rings. The number of hydrogen-bond donors (Lipinski definition) is 0. The zero-order valence-electron chi connectivity index (χ0n) is 9.91. The summed E-state index contributed by atoms with van der Waals surface area (Å²) in [7, 11) is 0. The van der Waals surface area contributed by atoms with Crippen LogP contribution in [0.2, 0.25) is 5.15 Å². The van der Waals surface area contributed by atoms with E-state index in [1.165, 1.54) is 25.7 Å². The van der Waals surface area contributed by atoms with E-state index in [-0.39, 0.29) is 0 Å². The number of anilines is 1. The fourth-order valence-corrected chi connectivity index (χ4v) is 2.63. The van der Waals surface area contributed by atoms with Crippen molar-refractivity contribution in [2.24, 2.45) is 0 Å². The van der Waals surface area contributed by atoms with Gasteiger partial charge in [0.1, 0.15) is 17.3 Å². The zero-order chi connectivity index (χ0) is 11.5. The molecule has 0 bridgehead atoms. The lowest BCUT2D eigenvalue weighted by molar-refractivity contribution is 0.610. The van der Waals surface area contributed by atoms with Crippen LogP contribution in [0.4, 0.5) is 5.82 Å². The molecule has 16 heavy (non-hydrogen) atoms. The Morgan fingerprint density at radius 1 is 1.38 bits per heavy atom. The molecule has 1 heterocycles. The lowest BCUT2D eigenvalue weighted by Gasteiger charge is -2.29. The van der Waals surface area contributed by atoms with Crippen LogP contribution >= 0.6 is 11.6 Å². The maximum absolute atomic E-state index is 6.04. The summed E-state index contributed by atoms with van der Waals surface area (Å²) in [4.78, 5) is 10.8. The highest BCUT2D eigenvalue weighted by molar-refractivity contribution is 6.30. The van der Waals surface area contributed by atoms with Crippen LogP contribution in [0.1, 0.15) is 38.2 Å². The Morgan fingerprint density at radius 3 is 2.69 bits per heavy atom. The first kappa shape index (κ1) is 11.6. The van der Waals surface area contributed by atoms with Crippen molar-refractivity contribution in [3.05, 3.63) is 17.0 Å². The monoisotopic (exact) mass is 239 g/mol. The smallest absolute Gasteiger partial charge is 0.137 e. The standard InChI is InChI=1S/C12H18ClN3/c1-3-16(10-6-4-5-7-10)12-9(2)11(13)14-8-15-12/h8,10H,3-7H2,1-2H3. The normalized spacial score (nSPS) is 16.7. The molecule has 4 heteroatoms. The summed E-state index contributed by atoms with van der Waals surface area (Å²) in [5.41, 5.74) is 0.998. The van der Waals surface area contributed by atoms with Gasteiger partial charge in [0.25, 0.3) is 0 Å². The fourth-order valence-electron chi connectivity index (χ4n) is 2.51. The summed E-state index contributed by atoms with van der Waals surface area (Å²) in [5.74, 6) is 1.01. The molecule has 2 rings (SSSR count). The highest BCUT2D eigenvalue weighted by Crippen LogP contribution is 2.30. The summed E-state index contributed by atoms with van der Waals surface area (Å²) in [6, 6.07) is 0.634. The van der Waals surface area contributed by atoms with Crippen LogP contribution < -0.4 is 4.90 Å². The highest BCUT2D eigenvalue weighted by atomic mass is 35.5. The molecule has 1 aliphatic carbocycles. The molecule has 0 aliphatic heterocycles. The summed E-state index contributed by atoms with van der Waals surface area (Å²) in [6.07, 6.45) is 6.77. The molecule has 3 nitrogen and oxygen atoms in total. The average molecular weight is 240 g/mol. The molecule has 0 saturated heterocycles. The van der Waals surface area contributed by atoms with Crippen molar-refractivity contribution < 1.29 is 0 Å². The molecule has 0 aromatic carbocycles. The van der Waals surface area contributed by atoms with Crippen molar-refractivity contribution in [3.8, 4) is 0 Å². The maximum atomic E-state index is 6.04. The van der Waals surface area contributed by atoms with E-state index in [4.69, 9.17) is 11.6 Å². The van der Waals surface area contributed by atoms with Crippen molar-refractivity contribution in [1.82, 2.24) is 9.97 Å². The Kier molecular flexibility index (Phi) is 3.64. The van der Waals surface area contributed by atoms with Crippen LogP contribution in [0, 0.1) is 6.92 Å². The molecule has 0 amide bonds. The average Bonchev–Trinajstić information content (AvgIpc) is 2.79. The van der Waals surface area contributed by atoms with E-state index in [1.807, 2.05) is 6.92 Å². The lowest BCUT2D eigenvalue weighted by atomic mass is 10.2. The van der Waals surface area contributed by atoms with Crippen molar-refractivity contribution in [2.45, 2.75) is 45.6 Å². The molecule has 0 atom stereocenters. The van der Waals surface area contributed by atoms with Gasteiger partial charge in [-0.2, -0.15) is 0 Å². The van der Waals surface area contributed by atoms with Gasteiger partial charge in [0.05, 0.1) is 0 Å². The Balaban J connectivity index is 2.28. The SMILES string of the molecule is CCN(c1ncnc(Cl)c1C)C1CCCC1. The Labute approximate surface area is 102 Å². The minimum atomic E-state index is 0.571. The van der Waals surface area contributed by atoms with Gasteiger partial charge in [0.15, 0.2) is 0 Å². The number of hydrogen-bond acceptors (Lipinski definition) is 3. The van der Waals surface area contributed by atoms with E-state index in [1.54, 1.807) is 6.33 Å². The number of nitrogens with zero attached hydrogens (tertiary/aromatic N) is 3. The molecule has 0 unspecified atom stereocenters. The number of rotatable bonds is 3. The van der Waals surface area contributed by atoms with Crippen LogP contribution in [0.25, 0.3) is 0 Å². The van der Waals surface area contributed by atoms with Crippen LogP contribution in [0.15, 0.2) is 6.33 Å². The quantitative estimate of drug-likeness (QED) is 0.759. The summed E-state index contributed by atoms with van der Waals surface area (Å²) >= 11 is 6.04. The van der Waals surface area contributed by atoms with Crippen molar-refractivity contribution in [2.75, 3.05) is 11.4 Å². The fraction of sp³-hybridized carbons (Fsp3) is 0.667. The molecule has 1 fully saturated rings. The first-order valence-corrected chi connectivity index (χ1v) is 6.35. The molecule has 0 spiro atoms. The molecule has 88 valence electrons. The van der Waals surface area contributed by atoms with Gasteiger partial charge in [-0.05, 0) is 26.7 Å². The van der Waals surface area contributed by atoms with E-state index in [0.717, 1.165) is 17.9 Å². The molecule has 1 aromatic heterocycles. The molecule has 0 N–H and O–H groups in total.